The zero-order chi connectivity index (χ0) is 15.1. The number of rotatable bonds is 5. The number of hydrogen-bond donors (Lipinski definition) is 1. The van der Waals surface area contributed by atoms with Gasteiger partial charge in [0.25, 0.3) is 0 Å². The predicted molar refractivity (Wildman–Crippen MR) is 82.7 cm³/mol. The smallest absolute Gasteiger partial charge is 0.341 e. The first-order chi connectivity index (χ1) is 10.7. The number of carboxylic acid groups (broad SMARTS) is 1. The number of hydrogen-bond acceptors (Lipinski definition) is 3. The van der Waals surface area contributed by atoms with Gasteiger partial charge < -0.3 is 9.84 Å². The molecule has 0 spiro atoms. The van der Waals surface area contributed by atoms with Gasteiger partial charge in [-0.2, -0.15) is 0 Å². The molecule has 3 fully saturated rings. The third kappa shape index (κ3) is 2.50. The Morgan fingerprint density at radius 1 is 1.18 bits per heavy atom. The number of aliphatic carboxylic acids is 1. The van der Waals surface area contributed by atoms with Crippen molar-refractivity contribution >= 4 is 5.97 Å². The van der Waals surface area contributed by atoms with E-state index in [1.807, 2.05) is 18.2 Å². The summed E-state index contributed by atoms with van der Waals surface area (Å²) in [5, 5.41) is 8.79. The van der Waals surface area contributed by atoms with Crippen LogP contribution >= 0.6 is 0 Å². The Kier molecular flexibility index (Phi) is 3.57. The van der Waals surface area contributed by atoms with Crippen molar-refractivity contribution in [3.05, 3.63) is 29.8 Å². The molecule has 1 aliphatic heterocycles. The highest BCUT2D eigenvalue weighted by atomic mass is 16.5. The van der Waals surface area contributed by atoms with Crippen molar-refractivity contribution in [2.45, 2.75) is 25.8 Å². The molecule has 4 nitrogen and oxygen atoms in total. The Balaban J connectivity index is 1.43. The average molecular weight is 301 g/mol. The van der Waals surface area contributed by atoms with Crippen LogP contribution in [0.1, 0.15) is 24.8 Å². The maximum atomic E-state index is 10.7. The molecular formula is C18H23NO3. The number of carboxylic acids is 1. The van der Waals surface area contributed by atoms with E-state index in [9.17, 15) is 4.79 Å². The fourth-order valence-electron chi connectivity index (χ4n) is 5.05. The van der Waals surface area contributed by atoms with Gasteiger partial charge in [0.15, 0.2) is 6.61 Å². The van der Waals surface area contributed by atoms with Crippen LogP contribution in [0.2, 0.25) is 0 Å². The van der Waals surface area contributed by atoms with Gasteiger partial charge in [0.2, 0.25) is 0 Å². The van der Waals surface area contributed by atoms with Crippen LogP contribution in [0, 0.1) is 23.7 Å². The summed E-state index contributed by atoms with van der Waals surface area (Å²) in [6.07, 6.45) is 4.36. The lowest BCUT2D eigenvalue weighted by Crippen LogP contribution is -2.23. The minimum atomic E-state index is -0.929. The fourth-order valence-corrected chi connectivity index (χ4v) is 5.05. The molecule has 0 aromatic heterocycles. The first-order valence-electron chi connectivity index (χ1n) is 8.35. The zero-order valence-electron chi connectivity index (χ0n) is 12.8. The van der Waals surface area contributed by atoms with Crippen LogP contribution < -0.4 is 4.74 Å². The van der Waals surface area contributed by atoms with Gasteiger partial charge >= 0.3 is 5.97 Å². The Bertz CT molecular complexity index is 555. The number of ether oxygens (including phenoxy) is 1. The van der Waals surface area contributed by atoms with Crippen molar-refractivity contribution in [1.29, 1.82) is 0 Å². The van der Waals surface area contributed by atoms with Crippen LogP contribution in [0.3, 0.4) is 0 Å². The van der Waals surface area contributed by atoms with E-state index in [0.717, 1.165) is 35.8 Å². The highest BCUT2D eigenvalue weighted by Crippen LogP contribution is 2.55. The Morgan fingerprint density at radius 3 is 2.55 bits per heavy atom. The maximum Gasteiger partial charge on any atom is 0.341 e. The molecule has 1 N–H and O–H groups in total. The summed E-state index contributed by atoms with van der Waals surface area (Å²) in [7, 11) is 0. The van der Waals surface area contributed by atoms with E-state index in [0.29, 0.717) is 5.75 Å². The minimum Gasteiger partial charge on any atom is -0.482 e. The van der Waals surface area contributed by atoms with Gasteiger partial charge in [-0.05, 0) is 49.0 Å². The Labute approximate surface area is 131 Å². The molecule has 0 unspecified atom stereocenters. The molecule has 4 atom stereocenters. The molecule has 1 aromatic carbocycles. The summed E-state index contributed by atoms with van der Waals surface area (Å²) in [4.78, 5) is 13.2. The minimum absolute atomic E-state index is 0.271. The topological polar surface area (TPSA) is 49.8 Å². The number of fused-ring (bicyclic) bond motifs is 5. The molecule has 1 heterocycles. The first kappa shape index (κ1) is 14.1. The average Bonchev–Trinajstić information content (AvgIpc) is 3.18. The molecule has 4 rings (SSSR count). The number of carbonyl (C=O) groups is 1. The second-order valence-corrected chi connectivity index (χ2v) is 7.15. The third-order valence-corrected chi connectivity index (χ3v) is 5.93. The van der Waals surface area contributed by atoms with Gasteiger partial charge in [-0.1, -0.05) is 18.2 Å². The van der Waals surface area contributed by atoms with E-state index in [4.69, 9.17) is 9.84 Å². The van der Waals surface area contributed by atoms with Gasteiger partial charge in [-0.25, -0.2) is 4.79 Å². The normalized spacial score (nSPS) is 33.1. The number of nitrogens with zero attached hydrogens (tertiary/aromatic N) is 1. The van der Waals surface area contributed by atoms with E-state index in [1.165, 1.54) is 32.4 Å². The molecule has 0 amide bonds. The van der Waals surface area contributed by atoms with E-state index < -0.39 is 5.97 Å². The van der Waals surface area contributed by atoms with Gasteiger partial charge in [-0.3, -0.25) is 4.90 Å². The van der Waals surface area contributed by atoms with Crippen molar-refractivity contribution in [3.63, 3.8) is 0 Å². The summed E-state index contributed by atoms with van der Waals surface area (Å²) in [5.74, 6) is 3.54. The van der Waals surface area contributed by atoms with E-state index in [-0.39, 0.29) is 6.61 Å². The summed E-state index contributed by atoms with van der Waals surface area (Å²) in [6.45, 7) is 3.02. The van der Waals surface area contributed by atoms with Crippen LogP contribution in [0.5, 0.6) is 5.75 Å². The SMILES string of the molecule is O=C(O)COc1ccccc1CN1C[C@@H]2[C@@H]3CC[C@@H](C3)[C@@H]2C1. The Hall–Kier alpha value is -1.55. The molecule has 4 heteroatoms. The van der Waals surface area contributed by atoms with Crippen LogP contribution in [0.15, 0.2) is 24.3 Å². The summed E-state index contributed by atoms with van der Waals surface area (Å²) in [5.41, 5.74) is 1.11. The molecule has 1 aromatic rings. The van der Waals surface area contributed by atoms with E-state index >= 15 is 0 Å². The highest BCUT2D eigenvalue weighted by molar-refractivity contribution is 5.68. The third-order valence-electron chi connectivity index (χ3n) is 5.93. The molecule has 0 radical (unpaired) electrons. The van der Waals surface area contributed by atoms with Crippen molar-refractivity contribution in [1.82, 2.24) is 4.90 Å². The molecule has 2 bridgehead atoms. The molecule has 2 saturated carbocycles. The lowest BCUT2D eigenvalue weighted by atomic mass is 9.82. The van der Waals surface area contributed by atoms with E-state index in [1.54, 1.807) is 0 Å². The van der Waals surface area contributed by atoms with Gasteiger partial charge in [0.05, 0.1) is 0 Å². The lowest BCUT2D eigenvalue weighted by Gasteiger charge is -2.22. The zero-order valence-corrected chi connectivity index (χ0v) is 12.8. The maximum absolute atomic E-state index is 10.7. The molecule has 22 heavy (non-hydrogen) atoms. The monoisotopic (exact) mass is 301 g/mol. The fraction of sp³-hybridized carbons (Fsp3) is 0.611. The van der Waals surface area contributed by atoms with Crippen LogP contribution in [0.4, 0.5) is 0 Å². The lowest BCUT2D eigenvalue weighted by molar-refractivity contribution is -0.139. The largest absolute Gasteiger partial charge is 0.482 e. The van der Waals surface area contributed by atoms with Crippen LogP contribution in [0.25, 0.3) is 0 Å². The molecular weight excluding hydrogens is 278 g/mol. The van der Waals surface area contributed by atoms with Crippen molar-refractivity contribution in [2.75, 3.05) is 19.7 Å². The number of benzene rings is 1. The summed E-state index contributed by atoms with van der Waals surface area (Å²) >= 11 is 0. The van der Waals surface area contributed by atoms with Crippen molar-refractivity contribution in [3.8, 4) is 5.75 Å². The summed E-state index contributed by atoms with van der Waals surface area (Å²) in [6, 6.07) is 7.84. The van der Waals surface area contributed by atoms with Crippen LogP contribution in [-0.2, 0) is 11.3 Å². The van der Waals surface area contributed by atoms with Gasteiger partial charge in [-0.15, -0.1) is 0 Å². The molecule has 2 aliphatic carbocycles. The van der Waals surface area contributed by atoms with Crippen LogP contribution in [-0.4, -0.2) is 35.7 Å². The molecule has 1 saturated heterocycles. The van der Waals surface area contributed by atoms with Gasteiger partial charge in [0.1, 0.15) is 5.75 Å². The quantitative estimate of drug-likeness (QED) is 0.908. The highest BCUT2D eigenvalue weighted by Gasteiger charge is 2.51. The van der Waals surface area contributed by atoms with E-state index in [2.05, 4.69) is 11.0 Å². The predicted octanol–water partition coefficient (Wildman–Crippen LogP) is 2.63. The number of likely N-dealkylation sites (tertiary alicyclic amines) is 1. The standard InChI is InChI=1S/C18H23NO3/c20-18(21)11-22-17-4-2-1-3-14(17)8-19-9-15-12-5-6-13(7-12)16(15)10-19/h1-4,12-13,15-16H,5-11H2,(H,20,21)/t12-,13+,15-,16+. The molecule has 118 valence electrons. The summed E-state index contributed by atoms with van der Waals surface area (Å²) < 4.78 is 5.43. The van der Waals surface area contributed by atoms with Crippen molar-refractivity contribution < 1.29 is 14.6 Å². The molecule has 3 aliphatic rings. The second kappa shape index (κ2) is 5.58. The van der Waals surface area contributed by atoms with Crippen molar-refractivity contribution in [2.24, 2.45) is 23.7 Å². The second-order valence-electron chi connectivity index (χ2n) is 7.15. The Morgan fingerprint density at radius 2 is 1.86 bits per heavy atom. The van der Waals surface area contributed by atoms with Gasteiger partial charge in [0, 0.05) is 25.2 Å². The number of para-hydroxylation sites is 1. The first-order valence-corrected chi connectivity index (χ1v) is 8.35.